The number of halogens is 1. The monoisotopic (exact) mass is 227 g/mol. The van der Waals surface area contributed by atoms with Crippen LogP contribution in [0.2, 0.25) is 0 Å². The Morgan fingerprint density at radius 2 is 2.06 bits per heavy atom. The number of nitrogens with one attached hydrogen (secondary N) is 1. The predicted octanol–water partition coefficient (Wildman–Crippen LogP) is 2.70. The van der Waals surface area contributed by atoms with Gasteiger partial charge in [0.15, 0.2) is 0 Å². The lowest BCUT2D eigenvalue weighted by Crippen LogP contribution is -2.02. The second-order valence-electron chi connectivity index (χ2n) is 3.50. The summed E-state index contributed by atoms with van der Waals surface area (Å²) in [7, 11) is 0. The standard InChI is InChI=1S/C13H10FN3/c14-11-4-1-3-10(7-11)9-16-13-6-2-5-12(8-15)17-13/h1-7H,9H2,(H,16,17). The van der Waals surface area contributed by atoms with Crippen LogP contribution in [0.1, 0.15) is 11.3 Å². The fourth-order valence-electron chi connectivity index (χ4n) is 1.43. The molecule has 3 nitrogen and oxygen atoms in total. The average molecular weight is 227 g/mol. The molecule has 0 amide bonds. The maximum Gasteiger partial charge on any atom is 0.142 e. The van der Waals surface area contributed by atoms with E-state index < -0.39 is 0 Å². The van der Waals surface area contributed by atoms with Crippen molar-refractivity contribution < 1.29 is 4.39 Å². The Morgan fingerprint density at radius 1 is 1.24 bits per heavy atom. The van der Waals surface area contributed by atoms with E-state index in [1.54, 1.807) is 24.3 Å². The Morgan fingerprint density at radius 3 is 2.82 bits per heavy atom. The summed E-state index contributed by atoms with van der Waals surface area (Å²) in [5, 5.41) is 11.7. The Balaban J connectivity index is 2.05. The minimum absolute atomic E-state index is 0.261. The van der Waals surface area contributed by atoms with Crippen molar-refractivity contribution in [3.05, 3.63) is 59.5 Å². The van der Waals surface area contributed by atoms with Crippen LogP contribution in [0.15, 0.2) is 42.5 Å². The minimum Gasteiger partial charge on any atom is -0.366 e. The zero-order valence-electron chi connectivity index (χ0n) is 9.02. The highest BCUT2D eigenvalue weighted by Gasteiger charge is 1.98. The minimum atomic E-state index is -0.261. The van der Waals surface area contributed by atoms with Crippen molar-refractivity contribution in [3.63, 3.8) is 0 Å². The van der Waals surface area contributed by atoms with Gasteiger partial charge in [0.2, 0.25) is 0 Å². The molecular formula is C13H10FN3. The summed E-state index contributed by atoms with van der Waals surface area (Å²) in [6.07, 6.45) is 0. The van der Waals surface area contributed by atoms with Crippen LogP contribution < -0.4 is 5.32 Å². The zero-order chi connectivity index (χ0) is 12.1. The van der Waals surface area contributed by atoms with Crippen LogP contribution in [0.25, 0.3) is 0 Å². The second kappa shape index (κ2) is 5.08. The molecule has 2 rings (SSSR count). The van der Waals surface area contributed by atoms with Crippen LogP contribution in [0.5, 0.6) is 0 Å². The van der Waals surface area contributed by atoms with Crippen LogP contribution in [0.4, 0.5) is 10.2 Å². The summed E-state index contributed by atoms with van der Waals surface area (Å²) in [6, 6.07) is 13.5. The molecule has 1 aromatic heterocycles. The highest BCUT2D eigenvalue weighted by atomic mass is 19.1. The molecule has 1 heterocycles. The van der Waals surface area contributed by atoms with E-state index in [0.717, 1.165) is 5.56 Å². The molecule has 0 saturated carbocycles. The van der Waals surface area contributed by atoms with Gasteiger partial charge in [-0.2, -0.15) is 5.26 Å². The lowest BCUT2D eigenvalue weighted by Gasteiger charge is -2.05. The number of nitrogens with zero attached hydrogens (tertiary/aromatic N) is 2. The number of hydrogen-bond acceptors (Lipinski definition) is 3. The smallest absolute Gasteiger partial charge is 0.142 e. The lowest BCUT2D eigenvalue weighted by molar-refractivity contribution is 0.626. The second-order valence-corrected chi connectivity index (χ2v) is 3.50. The largest absolute Gasteiger partial charge is 0.366 e. The summed E-state index contributed by atoms with van der Waals surface area (Å²) in [5.41, 5.74) is 1.18. The van der Waals surface area contributed by atoms with E-state index in [9.17, 15) is 4.39 Å². The van der Waals surface area contributed by atoms with E-state index in [1.807, 2.05) is 12.1 Å². The maximum absolute atomic E-state index is 12.9. The molecule has 1 N–H and O–H groups in total. The van der Waals surface area contributed by atoms with Gasteiger partial charge in [-0.25, -0.2) is 9.37 Å². The number of hydrogen-bond donors (Lipinski definition) is 1. The predicted molar refractivity (Wildman–Crippen MR) is 62.7 cm³/mol. The number of nitriles is 1. The normalized spacial score (nSPS) is 9.65. The molecule has 0 unspecified atom stereocenters. The third-order valence-corrected chi connectivity index (χ3v) is 2.23. The van der Waals surface area contributed by atoms with E-state index in [2.05, 4.69) is 10.3 Å². The third kappa shape index (κ3) is 3.02. The first-order chi connectivity index (χ1) is 8.28. The van der Waals surface area contributed by atoms with Crippen molar-refractivity contribution in [2.75, 3.05) is 5.32 Å². The summed E-state index contributed by atoms with van der Waals surface area (Å²) in [6.45, 7) is 0.472. The van der Waals surface area contributed by atoms with Gasteiger partial charge in [0.1, 0.15) is 23.4 Å². The number of anilines is 1. The number of aromatic nitrogens is 1. The number of pyridine rings is 1. The number of rotatable bonds is 3. The molecule has 1 aromatic carbocycles. The van der Waals surface area contributed by atoms with Gasteiger partial charge in [0.05, 0.1) is 0 Å². The number of benzene rings is 1. The Bertz CT molecular complexity index is 561. The van der Waals surface area contributed by atoms with Crippen LogP contribution in [0.3, 0.4) is 0 Å². The van der Waals surface area contributed by atoms with Gasteiger partial charge >= 0.3 is 0 Å². The highest BCUT2D eigenvalue weighted by molar-refractivity contribution is 5.39. The van der Waals surface area contributed by atoms with Crippen LogP contribution in [-0.4, -0.2) is 4.98 Å². The Kier molecular flexibility index (Phi) is 3.31. The molecule has 0 bridgehead atoms. The molecule has 0 fully saturated rings. The summed E-state index contributed by atoms with van der Waals surface area (Å²) < 4.78 is 12.9. The quantitative estimate of drug-likeness (QED) is 0.877. The molecule has 0 aliphatic carbocycles. The van der Waals surface area contributed by atoms with Crippen molar-refractivity contribution in [1.82, 2.24) is 4.98 Å². The molecule has 2 aromatic rings. The van der Waals surface area contributed by atoms with E-state index in [4.69, 9.17) is 5.26 Å². The average Bonchev–Trinajstić information content (AvgIpc) is 2.37. The van der Waals surface area contributed by atoms with Gasteiger partial charge in [-0.3, -0.25) is 0 Å². The van der Waals surface area contributed by atoms with E-state index in [0.29, 0.717) is 18.1 Å². The third-order valence-electron chi connectivity index (χ3n) is 2.23. The van der Waals surface area contributed by atoms with E-state index in [-0.39, 0.29) is 5.82 Å². The van der Waals surface area contributed by atoms with Gasteiger partial charge in [-0.15, -0.1) is 0 Å². The fourth-order valence-corrected chi connectivity index (χ4v) is 1.43. The Hall–Kier alpha value is -2.41. The molecule has 0 spiro atoms. The van der Waals surface area contributed by atoms with Gasteiger partial charge in [0, 0.05) is 6.54 Å². The molecule has 0 saturated heterocycles. The van der Waals surface area contributed by atoms with Crippen molar-refractivity contribution in [2.45, 2.75) is 6.54 Å². The molecule has 0 aliphatic heterocycles. The van der Waals surface area contributed by atoms with E-state index >= 15 is 0 Å². The summed E-state index contributed by atoms with van der Waals surface area (Å²) in [5.74, 6) is 0.344. The van der Waals surface area contributed by atoms with Crippen molar-refractivity contribution in [1.29, 1.82) is 5.26 Å². The molecule has 0 aliphatic rings. The van der Waals surface area contributed by atoms with Crippen molar-refractivity contribution >= 4 is 5.82 Å². The molecular weight excluding hydrogens is 217 g/mol. The molecule has 84 valence electrons. The first-order valence-electron chi connectivity index (χ1n) is 5.13. The van der Waals surface area contributed by atoms with Crippen molar-refractivity contribution in [3.8, 4) is 6.07 Å². The maximum atomic E-state index is 12.9. The first kappa shape index (κ1) is 11.1. The SMILES string of the molecule is N#Cc1cccc(NCc2cccc(F)c2)n1. The zero-order valence-corrected chi connectivity index (χ0v) is 9.02. The van der Waals surface area contributed by atoms with Gasteiger partial charge in [-0.05, 0) is 29.8 Å². The topological polar surface area (TPSA) is 48.7 Å². The molecule has 4 heteroatoms. The summed E-state index contributed by atoms with van der Waals surface area (Å²) in [4.78, 5) is 4.06. The van der Waals surface area contributed by atoms with Gasteiger partial charge < -0.3 is 5.32 Å². The molecule has 0 radical (unpaired) electrons. The first-order valence-corrected chi connectivity index (χ1v) is 5.13. The van der Waals surface area contributed by atoms with Crippen LogP contribution in [-0.2, 0) is 6.54 Å². The summed E-state index contributed by atoms with van der Waals surface area (Å²) >= 11 is 0. The van der Waals surface area contributed by atoms with Crippen LogP contribution in [0, 0.1) is 17.1 Å². The molecule has 17 heavy (non-hydrogen) atoms. The molecule has 0 atom stereocenters. The highest BCUT2D eigenvalue weighted by Crippen LogP contribution is 2.08. The Labute approximate surface area is 98.5 Å². The van der Waals surface area contributed by atoms with Crippen molar-refractivity contribution in [2.24, 2.45) is 0 Å². The van der Waals surface area contributed by atoms with Gasteiger partial charge in [-0.1, -0.05) is 18.2 Å². The lowest BCUT2D eigenvalue weighted by atomic mass is 10.2. The van der Waals surface area contributed by atoms with Crippen LogP contribution >= 0.6 is 0 Å². The van der Waals surface area contributed by atoms with E-state index in [1.165, 1.54) is 12.1 Å². The van der Waals surface area contributed by atoms with Gasteiger partial charge in [0.25, 0.3) is 0 Å². The fraction of sp³-hybridized carbons (Fsp3) is 0.0769.